The summed E-state index contributed by atoms with van der Waals surface area (Å²) in [5.74, 6) is 1.05. The molecule has 1 atom stereocenters. The first-order chi connectivity index (χ1) is 8.74. The molecule has 0 saturated heterocycles. The quantitative estimate of drug-likeness (QED) is 0.856. The maximum absolute atomic E-state index is 5.85. The van der Waals surface area contributed by atoms with Crippen LogP contribution in [0.15, 0.2) is 24.3 Å². The summed E-state index contributed by atoms with van der Waals surface area (Å²) in [6, 6.07) is 8.40. The molecule has 1 aromatic carbocycles. The van der Waals surface area contributed by atoms with Gasteiger partial charge in [-0.1, -0.05) is 24.3 Å². The Morgan fingerprint density at radius 3 is 2.83 bits per heavy atom. The number of nitrogen functional groups attached to an aromatic ring is 1. The van der Waals surface area contributed by atoms with Crippen molar-refractivity contribution in [3.8, 4) is 0 Å². The number of benzene rings is 1. The zero-order chi connectivity index (χ0) is 12.5. The van der Waals surface area contributed by atoms with Crippen molar-refractivity contribution in [1.82, 2.24) is 15.0 Å². The minimum absolute atomic E-state index is 0.167. The van der Waals surface area contributed by atoms with E-state index in [1.807, 2.05) is 6.07 Å². The number of fused-ring (bicyclic) bond motifs is 1. The summed E-state index contributed by atoms with van der Waals surface area (Å²) in [6.07, 6.45) is 3.27. The number of nitrogens with two attached hydrogens (primary N) is 1. The largest absolute Gasteiger partial charge is 0.368 e. The van der Waals surface area contributed by atoms with Crippen LogP contribution in [-0.4, -0.2) is 15.0 Å². The first kappa shape index (κ1) is 11.4. The highest BCUT2D eigenvalue weighted by molar-refractivity contribution is 6.28. The molecule has 92 valence electrons. The number of hydrogen-bond donors (Lipinski definition) is 1. The van der Waals surface area contributed by atoms with Crippen LogP contribution in [0.3, 0.4) is 0 Å². The second-order valence-electron chi connectivity index (χ2n) is 4.46. The number of aromatic nitrogens is 3. The van der Waals surface area contributed by atoms with Gasteiger partial charge in [0.2, 0.25) is 11.2 Å². The molecule has 5 heteroatoms. The fraction of sp³-hybridized carbons (Fsp3) is 0.308. The average molecular weight is 261 g/mol. The fourth-order valence-corrected chi connectivity index (χ4v) is 2.73. The summed E-state index contributed by atoms with van der Waals surface area (Å²) >= 11 is 5.85. The van der Waals surface area contributed by atoms with Gasteiger partial charge in [0.05, 0.1) is 0 Å². The van der Waals surface area contributed by atoms with Gasteiger partial charge in [-0.3, -0.25) is 0 Å². The number of anilines is 1. The number of aryl methyl sites for hydroxylation is 1. The van der Waals surface area contributed by atoms with E-state index in [4.69, 9.17) is 17.3 Å². The van der Waals surface area contributed by atoms with Crippen LogP contribution < -0.4 is 5.73 Å². The predicted octanol–water partition coefficient (Wildman–Crippen LogP) is 2.58. The molecule has 0 amide bonds. The van der Waals surface area contributed by atoms with E-state index in [-0.39, 0.29) is 17.1 Å². The topological polar surface area (TPSA) is 64.7 Å². The van der Waals surface area contributed by atoms with E-state index in [2.05, 4.69) is 33.2 Å². The van der Waals surface area contributed by atoms with E-state index < -0.39 is 0 Å². The molecular formula is C13H13ClN4. The Labute approximate surface area is 110 Å². The zero-order valence-electron chi connectivity index (χ0n) is 9.81. The van der Waals surface area contributed by atoms with Gasteiger partial charge in [-0.05, 0) is 42.0 Å². The lowest BCUT2D eigenvalue weighted by atomic mass is 9.82. The van der Waals surface area contributed by atoms with Crippen LogP contribution in [-0.2, 0) is 6.42 Å². The SMILES string of the molecule is Nc1nc(Cl)nc(C2CCCc3ccccc32)n1. The van der Waals surface area contributed by atoms with Crippen LogP contribution in [0.2, 0.25) is 5.28 Å². The molecule has 1 aliphatic carbocycles. The minimum Gasteiger partial charge on any atom is -0.368 e. The molecule has 4 nitrogen and oxygen atoms in total. The Kier molecular flexibility index (Phi) is 2.88. The number of halogens is 1. The Morgan fingerprint density at radius 2 is 2.00 bits per heavy atom. The highest BCUT2D eigenvalue weighted by atomic mass is 35.5. The molecule has 2 N–H and O–H groups in total. The standard InChI is InChI=1S/C13H13ClN4/c14-12-16-11(17-13(15)18-12)10-7-3-5-8-4-1-2-6-9(8)10/h1-2,4,6,10H,3,5,7H2,(H2,15,16,17,18). The average Bonchev–Trinajstić information content (AvgIpc) is 2.37. The summed E-state index contributed by atoms with van der Waals surface area (Å²) in [6.45, 7) is 0. The Morgan fingerprint density at radius 1 is 1.17 bits per heavy atom. The first-order valence-corrected chi connectivity index (χ1v) is 6.36. The van der Waals surface area contributed by atoms with Crippen LogP contribution in [0.1, 0.15) is 35.7 Å². The van der Waals surface area contributed by atoms with Crippen LogP contribution >= 0.6 is 11.6 Å². The van der Waals surface area contributed by atoms with Gasteiger partial charge in [0, 0.05) is 5.92 Å². The van der Waals surface area contributed by atoms with Gasteiger partial charge < -0.3 is 5.73 Å². The van der Waals surface area contributed by atoms with Crippen molar-refractivity contribution >= 4 is 17.5 Å². The van der Waals surface area contributed by atoms with Crippen LogP contribution in [0.5, 0.6) is 0 Å². The van der Waals surface area contributed by atoms with Gasteiger partial charge in [0.1, 0.15) is 5.82 Å². The number of nitrogens with zero attached hydrogens (tertiary/aromatic N) is 3. The van der Waals surface area contributed by atoms with Crippen molar-refractivity contribution in [2.45, 2.75) is 25.2 Å². The second kappa shape index (κ2) is 4.53. The van der Waals surface area contributed by atoms with E-state index in [0.29, 0.717) is 5.82 Å². The Hall–Kier alpha value is -1.68. The van der Waals surface area contributed by atoms with Gasteiger partial charge in [-0.15, -0.1) is 0 Å². The molecule has 0 aliphatic heterocycles. The summed E-state index contributed by atoms with van der Waals surface area (Å²) in [7, 11) is 0. The van der Waals surface area contributed by atoms with Crippen molar-refractivity contribution in [3.63, 3.8) is 0 Å². The lowest BCUT2D eigenvalue weighted by Crippen LogP contribution is -2.15. The number of rotatable bonds is 1. The van der Waals surface area contributed by atoms with Crippen LogP contribution in [0, 0.1) is 0 Å². The molecule has 1 unspecified atom stereocenters. The Bertz CT molecular complexity index is 565. The van der Waals surface area contributed by atoms with Crippen molar-refractivity contribution < 1.29 is 0 Å². The van der Waals surface area contributed by atoms with Crippen LogP contribution in [0.4, 0.5) is 5.95 Å². The lowest BCUT2D eigenvalue weighted by Gasteiger charge is -2.24. The molecule has 0 radical (unpaired) electrons. The Balaban J connectivity index is 2.08. The molecule has 1 aliphatic rings. The molecule has 0 spiro atoms. The van der Waals surface area contributed by atoms with Crippen molar-refractivity contribution in [2.75, 3.05) is 5.73 Å². The third kappa shape index (κ3) is 2.04. The molecule has 3 rings (SSSR count). The van der Waals surface area contributed by atoms with Gasteiger partial charge in [-0.25, -0.2) is 4.98 Å². The maximum atomic E-state index is 5.85. The van der Waals surface area contributed by atoms with Crippen molar-refractivity contribution in [1.29, 1.82) is 0 Å². The van der Waals surface area contributed by atoms with E-state index >= 15 is 0 Å². The third-order valence-electron chi connectivity index (χ3n) is 3.32. The monoisotopic (exact) mass is 260 g/mol. The molecule has 1 aromatic heterocycles. The van der Waals surface area contributed by atoms with Gasteiger partial charge in [0.15, 0.2) is 0 Å². The summed E-state index contributed by atoms with van der Waals surface area (Å²) in [4.78, 5) is 12.3. The summed E-state index contributed by atoms with van der Waals surface area (Å²) in [5, 5.41) is 0.167. The normalized spacial score (nSPS) is 18.4. The summed E-state index contributed by atoms with van der Waals surface area (Å²) < 4.78 is 0. The number of hydrogen-bond acceptors (Lipinski definition) is 4. The highest BCUT2D eigenvalue weighted by Crippen LogP contribution is 2.35. The van der Waals surface area contributed by atoms with Crippen molar-refractivity contribution in [3.05, 3.63) is 46.5 Å². The zero-order valence-corrected chi connectivity index (χ0v) is 10.6. The van der Waals surface area contributed by atoms with Gasteiger partial charge >= 0.3 is 0 Å². The van der Waals surface area contributed by atoms with Gasteiger partial charge in [0.25, 0.3) is 0 Å². The van der Waals surface area contributed by atoms with Gasteiger partial charge in [-0.2, -0.15) is 9.97 Å². The smallest absolute Gasteiger partial charge is 0.227 e. The van der Waals surface area contributed by atoms with Crippen molar-refractivity contribution in [2.24, 2.45) is 0 Å². The first-order valence-electron chi connectivity index (χ1n) is 5.99. The predicted molar refractivity (Wildman–Crippen MR) is 70.5 cm³/mol. The molecule has 2 aromatic rings. The molecule has 0 fully saturated rings. The molecule has 18 heavy (non-hydrogen) atoms. The maximum Gasteiger partial charge on any atom is 0.227 e. The fourth-order valence-electron chi connectivity index (χ4n) is 2.56. The van der Waals surface area contributed by atoms with E-state index in [1.54, 1.807) is 0 Å². The van der Waals surface area contributed by atoms with E-state index in [9.17, 15) is 0 Å². The minimum atomic E-state index is 0.167. The summed E-state index contributed by atoms with van der Waals surface area (Å²) in [5.41, 5.74) is 8.29. The molecule has 0 bridgehead atoms. The van der Waals surface area contributed by atoms with E-state index in [0.717, 1.165) is 19.3 Å². The lowest BCUT2D eigenvalue weighted by molar-refractivity contribution is 0.588. The van der Waals surface area contributed by atoms with Crippen LogP contribution in [0.25, 0.3) is 0 Å². The highest BCUT2D eigenvalue weighted by Gasteiger charge is 2.24. The van der Waals surface area contributed by atoms with E-state index in [1.165, 1.54) is 11.1 Å². The second-order valence-corrected chi connectivity index (χ2v) is 4.80. The molecular weight excluding hydrogens is 248 g/mol. The molecule has 1 heterocycles. The third-order valence-corrected chi connectivity index (χ3v) is 3.49. The molecule has 0 saturated carbocycles.